The monoisotopic (exact) mass is 540 g/mol. The highest BCUT2D eigenvalue weighted by atomic mass is 19.1. The van der Waals surface area contributed by atoms with Gasteiger partial charge in [0.1, 0.15) is 34.1 Å². The number of carbonyl (C=O) groups excluding carboxylic acids is 1. The van der Waals surface area contributed by atoms with E-state index >= 15 is 0 Å². The first-order valence-corrected chi connectivity index (χ1v) is 13.7. The van der Waals surface area contributed by atoms with Crippen molar-refractivity contribution in [1.29, 1.82) is 0 Å². The van der Waals surface area contributed by atoms with Crippen molar-refractivity contribution in [3.05, 3.63) is 82.9 Å². The number of rotatable bonds is 8. The van der Waals surface area contributed by atoms with Crippen LogP contribution < -0.4 is 9.47 Å². The van der Waals surface area contributed by atoms with Crippen LogP contribution in [0, 0.1) is 18.7 Å². The van der Waals surface area contributed by atoms with Crippen LogP contribution in [0.5, 0.6) is 11.5 Å². The van der Waals surface area contributed by atoms with Gasteiger partial charge in [0.15, 0.2) is 5.78 Å². The molecule has 1 aliphatic carbocycles. The van der Waals surface area contributed by atoms with Gasteiger partial charge in [0.05, 0.1) is 19.4 Å². The van der Waals surface area contributed by atoms with E-state index in [2.05, 4.69) is 18.8 Å². The standard InChI is InChI=1S/C33H33FN2O4/c1-19-14-21(7-10-25(19)34)30-31-24(32(2,3)18-40-31)17-28(36-30)33(38,23-8-9-23)12-11-26(37)22-15-20-6-5-13-35-29(20)27(16-22)39-4/h5-7,10,13-17,23,38H,8-9,11-12,18H2,1-4H3. The summed E-state index contributed by atoms with van der Waals surface area (Å²) in [6.45, 7) is 6.41. The summed E-state index contributed by atoms with van der Waals surface area (Å²) in [6.07, 6.45) is 3.80. The number of methoxy groups -OCH3 is 1. The smallest absolute Gasteiger partial charge is 0.163 e. The summed E-state index contributed by atoms with van der Waals surface area (Å²) >= 11 is 0. The first kappa shape index (κ1) is 26.4. The summed E-state index contributed by atoms with van der Waals surface area (Å²) in [5.41, 5.74) is 3.01. The fraction of sp³-hybridized carbons (Fsp3) is 0.364. The van der Waals surface area contributed by atoms with Gasteiger partial charge in [0, 0.05) is 40.1 Å². The Hall–Kier alpha value is -3.84. The molecule has 40 heavy (non-hydrogen) atoms. The first-order chi connectivity index (χ1) is 19.1. The molecule has 6 rings (SSSR count). The third-order valence-corrected chi connectivity index (χ3v) is 8.35. The van der Waals surface area contributed by atoms with E-state index in [4.69, 9.17) is 14.5 Å². The number of halogens is 1. The minimum Gasteiger partial charge on any atom is -0.494 e. The number of hydrogen-bond donors (Lipinski definition) is 1. The minimum atomic E-state index is -1.28. The third-order valence-electron chi connectivity index (χ3n) is 8.35. The number of fused-ring (bicyclic) bond motifs is 2. The Kier molecular flexibility index (Phi) is 6.37. The fourth-order valence-corrected chi connectivity index (χ4v) is 5.75. The van der Waals surface area contributed by atoms with E-state index in [1.807, 2.05) is 24.3 Å². The van der Waals surface area contributed by atoms with Gasteiger partial charge in [-0.05, 0) is 80.1 Å². The molecule has 0 amide bonds. The van der Waals surface area contributed by atoms with Crippen molar-refractivity contribution in [1.82, 2.24) is 9.97 Å². The Labute approximate surface area is 233 Å². The van der Waals surface area contributed by atoms with Gasteiger partial charge in [-0.15, -0.1) is 0 Å². The highest BCUT2D eigenvalue weighted by Crippen LogP contribution is 2.51. The maximum Gasteiger partial charge on any atom is 0.163 e. The summed E-state index contributed by atoms with van der Waals surface area (Å²) in [4.78, 5) is 22.8. The number of benzene rings is 2. The van der Waals surface area contributed by atoms with Gasteiger partial charge in [0.25, 0.3) is 0 Å². The van der Waals surface area contributed by atoms with Crippen molar-refractivity contribution < 1.29 is 23.8 Å². The summed E-state index contributed by atoms with van der Waals surface area (Å²) in [5, 5.41) is 13.0. The van der Waals surface area contributed by atoms with E-state index in [1.165, 1.54) is 6.07 Å². The van der Waals surface area contributed by atoms with Gasteiger partial charge in [-0.25, -0.2) is 9.37 Å². The SMILES string of the molecule is COc1cc(C(=O)CCC(O)(c2cc3c(c(-c4ccc(F)c(C)c4)n2)OCC3(C)C)C2CC2)cc2cccnc12. The van der Waals surface area contributed by atoms with E-state index in [-0.39, 0.29) is 35.8 Å². The molecular weight excluding hydrogens is 507 g/mol. The second kappa shape index (κ2) is 9.66. The Balaban J connectivity index is 1.38. The number of carbonyl (C=O) groups is 1. The van der Waals surface area contributed by atoms with Gasteiger partial charge in [0.2, 0.25) is 0 Å². The van der Waals surface area contributed by atoms with E-state index in [1.54, 1.807) is 38.4 Å². The zero-order valence-corrected chi connectivity index (χ0v) is 23.3. The summed E-state index contributed by atoms with van der Waals surface area (Å²) < 4.78 is 25.7. The number of Topliss-reactive ketones (excluding diaryl/α,β-unsaturated/α-hetero) is 1. The van der Waals surface area contributed by atoms with E-state index in [9.17, 15) is 14.3 Å². The minimum absolute atomic E-state index is 0.00873. The Bertz CT molecular complexity index is 1650. The Morgan fingerprint density at radius 1 is 1.20 bits per heavy atom. The molecule has 0 spiro atoms. The average molecular weight is 541 g/mol. The van der Waals surface area contributed by atoms with Gasteiger partial charge >= 0.3 is 0 Å². The molecule has 1 aliphatic heterocycles. The highest BCUT2D eigenvalue weighted by Gasteiger charge is 2.48. The molecule has 1 N–H and O–H groups in total. The van der Waals surface area contributed by atoms with Crippen molar-refractivity contribution in [2.75, 3.05) is 13.7 Å². The molecule has 6 nitrogen and oxygen atoms in total. The lowest BCUT2D eigenvalue weighted by molar-refractivity contribution is -0.00115. The van der Waals surface area contributed by atoms with Crippen molar-refractivity contribution in [2.45, 2.75) is 57.5 Å². The summed E-state index contributed by atoms with van der Waals surface area (Å²) in [5.74, 6) is 0.857. The van der Waals surface area contributed by atoms with Gasteiger partial charge in [-0.2, -0.15) is 0 Å². The van der Waals surface area contributed by atoms with E-state index in [0.29, 0.717) is 46.1 Å². The molecule has 1 saturated carbocycles. The number of aromatic nitrogens is 2. The Morgan fingerprint density at radius 2 is 2.00 bits per heavy atom. The lowest BCUT2D eigenvalue weighted by atomic mass is 9.81. The quantitative estimate of drug-likeness (QED) is 0.251. The average Bonchev–Trinajstić information content (AvgIpc) is 3.77. The third kappa shape index (κ3) is 4.52. The molecule has 2 aromatic carbocycles. The van der Waals surface area contributed by atoms with Crippen LogP contribution in [0.2, 0.25) is 0 Å². The van der Waals surface area contributed by atoms with Gasteiger partial charge in [-0.3, -0.25) is 9.78 Å². The molecular formula is C33H33FN2O4. The molecule has 1 fully saturated rings. The van der Waals surface area contributed by atoms with Crippen LogP contribution in [0.15, 0.2) is 54.7 Å². The largest absolute Gasteiger partial charge is 0.494 e. The molecule has 2 aromatic heterocycles. The second-order valence-electron chi connectivity index (χ2n) is 11.7. The Morgan fingerprint density at radius 3 is 2.73 bits per heavy atom. The summed E-state index contributed by atoms with van der Waals surface area (Å²) in [7, 11) is 1.56. The molecule has 0 bridgehead atoms. The molecule has 0 saturated heterocycles. The first-order valence-electron chi connectivity index (χ1n) is 13.7. The molecule has 7 heteroatoms. The van der Waals surface area contributed by atoms with Crippen LogP contribution in [0.25, 0.3) is 22.2 Å². The molecule has 1 unspecified atom stereocenters. The highest BCUT2D eigenvalue weighted by molar-refractivity contribution is 6.01. The molecule has 3 heterocycles. The number of nitrogens with zero attached hydrogens (tertiary/aromatic N) is 2. The lowest BCUT2D eigenvalue weighted by Gasteiger charge is -2.29. The van der Waals surface area contributed by atoms with E-state index < -0.39 is 5.60 Å². The van der Waals surface area contributed by atoms with Gasteiger partial charge < -0.3 is 14.6 Å². The molecule has 1 atom stereocenters. The topological polar surface area (TPSA) is 81.5 Å². The second-order valence-corrected chi connectivity index (χ2v) is 11.7. The van der Waals surface area contributed by atoms with Crippen LogP contribution in [0.3, 0.4) is 0 Å². The maximum absolute atomic E-state index is 14.1. The van der Waals surface area contributed by atoms with Gasteiger partial charge in [-0.1, -0.05) is 19.9 Å². The number of aryl methyl sites for hydroxylation is 1. The number of ether oxygens (including phenoxy) is 2. The van der Waals surface area contributed by atoms with Crippen molar-refractivity contribution in [3.8, 4) is 22.8 Å². The van der Waals surface area contributed by atoms with Crippen molar-refractivity contribution in [3.63, 3.8) is 0 Å². The van der Waals surface area contributed by atoms with E-state index in [0.717, 1.165) is 29.4 Å². The lowest BCUT2D eigenvalue weighted by Crippen LogP contribution is -2.31. The van der Waals surface area contributed by atoms with Crippen LogP contribution >= 0.6 is 0 Å². The van der Waals surface area contributed by atoms with Crippen LogP contribution in [-0.2, 0) is 11.0 Å². The predicted octanol–water partition coefficient (Wildman–Crippen LogP) is 6.68. The maximum atomic E-state index is 14.1. The van der Waals surface area contributed by atoms with Crippen LogP contribution in [-0.4, -0.2) is 34.6 Å². The van der Waals surface area contributed by atoms with Crippen LogP contribution in [0.4, 0.5) is 4.39 Å². The van der Waals surface area contributed by atoms with Crippen LogP contribution in [0.1, 0.15) is 66.7 Å². The molecule has 206 valence electrons. The zero-order valence-electron chi connectivity index (χ0n) is 23.3. The zero-order chi connectivity index (χ0) is 28.2. The summed E-state index contributed by atoms with van der Waals surface area (Å²) in [6, 6.07) is 14.1. The molecule has 0 radical (unpaired) electrons. The number of pyridine rings is 2. The van der Waals surface area contributed by atoms with Crippen molar-refractivity contribution >= 4 is 16.7 Å². The predicted molar refractivity (Wildman–Crippen MR) is 151 cm³/mol. The number of ketones is 1. The normalized spacial score (nSPS) is 17.2. The number of aliphatic hydroxyl groups is 1. The van der Waals surface area contributed by atoms with Crippen molar-refractivity contribution in [2.24, 2.45) is 5.92 Å². The number of hydrogen-bond acceptors (Lipinski definition) is 6. The fourth-order valence-electron chi connectivity index (χ4n) is 5.75. The molecule has 4 aromatic rings. The molecule has 2 aliphatic rings.